The van der Waals surface area contributed by atoms with Crippen molar-refractivity contribution < 1.29 is 9.53 Å². The van der Waals surface area contributed by atoms with E-state index in [0.29, 0.717) is 5.82 Å². The standard InChI is InChI=1S/C14H13BrN2O2/c1-19-14(18)13(10-5-3-2-4-6-10)17-12-8-7-11(15)9-16-12/h2-9,13H,1H3,(H,16,17). The van der Waals surface area contributed by atoms with Gasteiger partial charge in [-0.15, -0.1) is 0 Å². The maximum absolute atomic E-state index is 11.9. The van der Waals surface area contributed by atoms with E-state index in [9.17, 15) is 4.79 Å². The van der Waals surface area contributed by atoms with Crippen LogP contribution in [-0.4, -0.2) is 18.1 Å². The minimum absolute atomic E-state index is 0.351. The number of methoxy groups -OCH3 is 1. The summed E-state index contributed by atoms with van der Waals surface area (Å²) in [6, 6.07) is 12.5. The van der Waals surface area contributed by atoms with Crippen molar-refractivity contribution in [1.82, 2.24) is 4.98 Å². The number of ether oxygens (including phenoxy) is 1. The molecule has 1 unspecified atom stereocenters. The molecule has 1 heterocycles. The molecule has 0 aliphatic heterocycles. The zero-order chi connectivity index (χ0) is 13.7. The highest BCUT2D eigenvalue weighted by Gasteiger charge is 2.21. The number of carbonyl (C=O) groups excluding carboxylic acids is 1. The molecule has 0 spiro atoms. The Balaban J connectivity index is 2.24. The molecule has 98 valence electrons. The number of halogens is 1. The smallest absolute Gasteiger partial charge is 0.333 e. The minimum atomic E-state index is -0.570. The molecule has 1 atom stereocenters. The number of carbonyl (C=O) groups is 1. The second kappa shape index (κ2) is 6.33. The third-order valence-corrected chi connectivity index (χ3v) is 3.06. The van der Waals surface area contributed by atoms with Gasteiger partial charge in [0, 0.05) is 10.7 Å². The van der Waals surface area contributed by atoms with Crippen molar-refractivity contribution in [2.45, 2.75) is 6.04 Å². The predicted molar refractivity (Wildman–Crippen MR) is 76.8 cm³/mol. The Hall–Kier alpha value is -1.88. The Morgan fingerprint density at radius 2 is 2.00 bits per heavy atom. The zero-order valence-electron chi connectivity index (χ0n) is 10.3. The van der Waals surface area contributed by atoms with Gasteiger partial charge in [0.05, 0.1) is 7.11 Å². The maximum atomic E-state index is 11.9. The molecule has 0 saturated carbocycles. The van der Waals surface area contributed by atoms with Crippen LogP contribution in [0.1, 0.15) is 11.6 Å². The summed E-state index contributed by atoms with van der Waals surface area (Å²) >= 11 is 3.32. The number of aromatic nitrogens is 1. The summed E-state index contributed by atoms with van der Waals surface area (Å²) in [5, 5.41) is 3.07. The molecule has 19 heavy (non-hydrogen) atoms. The second-order valence-electron chi connectivity index (χ2n) is 3.87. The predicted octanol–water partition coefficient (Wildman–Crippen LogP) is 3.17. The van der Waals surface area contributed by atoms with E-state index in [1.807, 2.05) is 36.4 Å². The number of hydrogen-bond donors (Lipinski definition) is 1. The van der Waals surface area contributed by atoms with Crippen molar-refractivity contribution in [2.24, 2.45) is 0 Å². The van der Waals surface area contributed by atoms with Gasteiger partial charge in [-0.3, -0.25) is 0 Å². The first kappa shape index (κ1) is 13.5. The fraction of sp³-hybridized carbons (Fsp3) is 0.143. The van der Waals surface area contributed by atoms with Gasteiger partial charge in [-0.1, -0.05) is 30.3 Å². The highest BCUT2D eigenvalue weighted by atomic mass is 79.9. The van der Waals surface area contributed by atoms with Gasteiger partial charge in [-0.2, -0.15) is 0 Å². The van der Waals surface area contributed by atoms with Crippen LogP contribution in [0.3, 0.4) is 0 Å². The molecule has 1 N–H and O–H groups in total. The molecular weight excluding hydrogens is 308 g/mol. The topological polar surface area (TPSA) is 51.2 Å². The Bertz CT molecular complexity index is 543. The second-order valence-corrected chi connectivity index (χ2v) is 4.79. The zero-order valence-corrected chi connectivity index (χ0v) is 11.9. The van der Waals surface area contributed by atoms with Gasteiger partial charge >= 0.3 is 5.97 Å². The van der Waals surface area contributed by atoms with E-state index in [4.69, 9.17) is 4.74 Å². The van der Waals surface area contributed by atoms with Crippen molar-refractivity contribution in [3.05, 3.63) is 58.7 Å². The average Bonchev–Trinajstić information content (AvgIpc) is 2.47. The third kappa shape index (κ3) is 3.54. The number of hydrogen-bond acceptors (Lipinski definition) is 4. The van der Waals surface area contributed by atoms with E-state index in [1.54, 1.807) is 12.3 Å². The van der Waals surface area contributed by atoms with Gasteiger partial charge in [0.25, 0.3) is 0 Å². The lowest BCUT2D eigenvalue weighted by Crippen LogP contribution is -2.22. The van der Waals surface area contributed by atoms with Crippen LogP contribution in [0.15, 0.2) is 53.1 Å². The lowest BCUT2D eigenvalue weighted by atomic mass is 10.1. The Labute approximate surface area is 119 Å². The molecule has 0 radical (unpaired) electrons. The van der Waals surface area contributed by atoms with Crippen LogP contribution in [-0.2, 0) is 9.53 Å². The van der Waals surface area contributed by atoms with Crippen LogP contribution in [0, 0.1) is 0 Å². The van der Waals surface area contributed by atoms with E-state index in [0.717, 1.165) is 10.0 Å². The van der Waals surface area contributed by atoms with Gasteiger partial charge in [-0.25, -0.2) is 9.78 Å². The summed E-state index contributed by atoms with van der Waals surface area (Å²) in [4.78, 5) is 16.1. The molecule has 0 aliphatic carbocycles. The average molecular weight is 321 g/mol. The molecule has 5 heteroatoms. The largest absolute Gasteiger partial charge is 0.467 e. The van der Waals surface area contributed by atoms with E-state index >= 15 is 0 Å². The maximum Gasteiger partial charge on any atom is 0.333 e. The van der Waals surface area contributed by atoms with Crippen LogP contribution in [0.5, 0.6) is 0 Å². The Kier molecular flexibility index (Phi) is 4.52. The van der Waals surface area contributed by atoms with Crippen LogP contribution in [0.25, 0.3) is 0 Å². The van der Waals surface area contributed by atoms with E-state index in [-0.39, 0.29) is 5.97 Å². The van der Waals surface area contributed by atoms with Gasteiger partial charge in [-0.05, 0) is 33.6 Å². The fourth-order valence-electron chi connectivity index (χ4n) is 1.65. The number of pyridine rings is 1. The first-order valence-electron chi connectivity index (χ1n) is 5.71. The SMILES string of the molecule is COC(=O)C(Nc1ccc(Br)cn1)c1ccccc1. The van der Waals surface area contributed by atoms with Gasteiger partial charge < -0.3 is 10.1 Å². The van der Waals surface area contributed by atoms with Crippen molar-refractivity contribution in [3.8, 4) is 0 Å². The summed E-state index contributed by atoms with van der Waals surface area (Å²) in [5.74, 6) is 0.262. The lowest BCUT2D eigenvalue weighted by molar-refractivity contribution is -0.141. The molecule has 0 amide bonds. The molecule has 2 rings (SSSR count). The number of rotatable bonds is 4. The van der Waals surface area contributed by atoms with Crippen molar-refractivity contribution >= 4 is 27.7 Å². The first-order chi connectivity index (χ1) is 9.20. The Morgan fingerprint density at radius 1 is 1.26 bits per heavy atom. The van der Waals surface area contributed by atoms with Crippen LogP contribution >= 0.6 is 15.9 Å². The fourth-order valence-corrected chi connectivity index (χ4v) is 1.89. The number of nitrogens with zero attached hydrogens (tertiary/aromatic N) is 1. The molecule has 4 nitrogen and oxygen atoms in total. The van der Waals surface area contributed by atoms with Crippen molar-refractivity contribution in [2.75, 3.05) is 12.4 Å². The first-order valence-corrected chi connectivity index (χ1v) is 6.51. The normalized spacial score (nSPS) is 11.7. The van der Waals surface area contributed by atoms with Gasteiger partial charge in [0.1, 0.15) is 5.82 Å². The number of esters is 1. The van der Waals surface area contributed by atoms with E-state index in [1.165, 1.54) is 7.11 Å². The lowest BCUT2D eigenvalue weighted by Gasteiger charge is -2.17. The number of anilines is 1. The van der Waals surface area contributed by atoms with Crippen LogP contribution < -0.4 is 5.32 Å². The highest BCUT2D eigenvalue weighted by Crippen LogP contribution is 2.20. The summed E-state index contributed by atoms with van der Waals surface area (Å²) in [5.41, 5.74) is 0.832. The number of nitrogens with one attached hydrogen (secondary N) is 1. The molecule has 2 aromatic rings. The van der Waals surface area contributed by atoms with Crippen LogP contribution in [0.2, 0.25) is 0 Å². The summed E-state index contributed by atoms with van der Waals surface area (Å²) in [6.07, 6.45) is 1.67. The number of benzene rings is 1. The van der Waals surface area contributed by atoms with Gasteiger partial charge in [0.2, 0.25) is 0 Å². The van der Waals surface area contributed by atoms with E-state index in [2.05, 4.69) is 26.2 Å². The Morgan fingerprint density at radius 3 is 2.58 bits per heavy atom. The molecule has 0 saturated heterocycles. The monoisotopic (exact) mass is 320 g/mol. The molecule has 0 aliphatic rings. The summed E-state index contributed by atoms with van der Waals surface area (Å²) < 4.78 is 5.71. The minimum Gasteiger partial charge on any atom is -0.467 e. The molecule has 1 aromatic carbocycles. The van der Waals surface area contributed by atoms with Crippen molar-refractivity contribution in [3.63, 3.8) is 0 Å². The van der Waals surface area contributed by atoms with Gasteiger partial charge in [0.15, 0.2) is 6.04 Å². The van der Waals surface area contributed by atoms with Crippen LogP contribution in [0.4, 0.5) is 5.82 Å². The molecular formula is C14H13BrN2O2. The molecule has 0 bridgehead atoms. The summed E-state index contributed by atoms with van der Waals surface area (Å²) in [7, 11) is 1.37. The van der Waals surface area contributed by atoms with Crippen molar-refractivity contribution in [1.29, 1.82) is 0 Å². The molecule has 1 aromatic heterocycles. The summed E-state index contributed by atoms with van der Waals surface area (Å²) in [6.45, 7) is 0. The third-order valence-electron chi connectivity index (χ3n) is 2.59. The van der Waals surface area contributed by atoms with E-state index < -0.39 is 6.04 Å². The quantitative estimate of drug-likeness (QED) is 0.879. The molecule has 0 fully saturated rings. The highest BCUT2D eigenvalue weighted by molar-refractivity contribution is 9.10.